The minimum atomic E-state index is -0.873. The van der Waals surface area contributed by atoms with Crippen LogP contribution in [0.4, 0.5) is 9.59 Å². The smallest absolute Gasteiger partial charge is 0.407 e. The number of rotatable bonds is 13. The van der Waals surface area contributed by atoms with Crippen molar-refractivity contribution in [3.63, 3.8) is 0 Å². The van der Waals surface area contributed by atoms with Crippen LogP contribution >= 0.6 is 0 Å². The SMILES string of the molecule is COC(=O)N[C@@H](Cc1ccncc1)C(=O)N1CCC[C@H]1c1ncc(-c2ccc(-c3ccc(C4=CN=C([C@@H]5CCCN5C(=O)[C@@H](NC(=O)OC)[C@@H](C)OC)C4)cc3)cc2)[nH]1. The van der Waals surface area contributed by atoms with E-state index in [1.54, 1.807) is 35.3 Å². The summed E-state index contributed by atoms with van der Waals surface area (Å²) in [6, 6.07) is 18.2. The number of aliphatic imine (C=N–C) groups is 1. The number of imidazole rings is 1. The normalized spacial score (nSPS) is 19.1. The number of hydrogen-bond acceptors (Lipinski definition) is 10. The van der Waals surface area contributed by atoms with Gasteiger partial charge in [0, 0.05) is 57.3 Å². The fourth-order valence-corrected chi connectivity index (χ4v) is 8.13. The van der Waals surface area contributed by atoms with Crippen molar-refractivity contribution in [2.45, 2.75) is 75.7 Å². The lowest BCUT2D eigenvalue weighted by atomic mass is 9.96. The predicted molar refractivity (Wildman–Crippen MR) is 221 cm³/mol. The molecular formula is C44H50N8O7. The largest absolute Gasteiger partial charge is 0.453 e. The van der Waals surface area contributed by atoms with Crippen molar-refractivity contribution in [1.82, 2.24) is 35.4 Å². The van der Waals surface area contributed by atoms with Crippen molar-refractivity contribution in [1.29, 1.82) is 0 Å². The van der Waals surface area contributed by atoms with Crippen molar-refractivity contribution < 1.29 is 33.4 Å². The second-order valence-corrected chi connectivity index (χ2v) is 15.0. The Morgan fingerprint density at radius 2 is 1.37 bits per heavy atom. The van der Waals surface area contributed by atoms with Crippen molar-refractivity contribution in [3.05, 3.63) is 102 Å². The van der Waals surface area contributed by atoms with Crippen molar-refractivity contribution in [2.75, 3.05) is 34.4 Å². The molecular weight excluding hydrogens is 753 g/mol. The number of allylic oxidation sites excluding steroid dienone is 1. The van der Waals surface area contributed by atoms with Gasteiger partial charge >= 0.3 is 12.2 Å². The second-order valence-electron chi connectivity index (χ2n) is 15.0. The molecule has 3 aliphatic heterocycles. The van der Waals surface area contributed by atoms with E-state index >= 15 is 0 Å². The zero-order valence-electron chi connectivity index (χ0n) is 33.7. The molecule has 2 aromatic heterocycles. The number of aromatic amines is 1. The van der Waals surface area contributed by atoms with Gasteiger partial charge < -0.3 is 39.6 Å². The van der Waals surface area contributed by atoms with Gasteiger partial charge in [0.2, 0.25) is 11.8 Å². The maximum atomic E-state index is 13.9. The number of carbonyl (C=O) groups excluding carboxylic acids is 4. The predicted octanol–water partition coefficient (Wildman–Crippen LogP) is 5.71. The fraction of sp³-hybridized carbons (Fsp3) is 0.386. The number of amides is 4. The van der Waals surface area contributed by atoms with Gasteiger partial charge in [-0.3, -0.25) is 19.6 Å². The highest BCUT2D eigenvalue weighted by Gasteiger charge is 2.40. The fourth-order valence-electron chi connectivity index (χ4n) is 8.13. The first-order valence-electron chi connectivity index (χ1n) is 19.9. The number of ether oxygens (including phenoxy) is 3. The molecule has 3 aliphatic rings. The van der Waals surface area contributed by atoms with Crippen LogP contribution in [0.15, 0.2) is 90.4 Å². The van der Waals surface area contributed by atoms with Crippen LogP contribution in [-0.2, 0) is 30.2 Å². The van der Waals surface area contributed by atoms with Gasteiger partial charge in [0.15, 0.2) is 0 Å². The third-order valence-corrected chi connectivity index (χ3v) is 11.4. The van der Waals surface area contributed by atoms with E-state index in [1.807, 2.05) is 18.3 Å². The number of nitrogens with one attached hydrogen (secondary N) is 3. The molecule has 15 nitrogen and oxygen atoms in total. The molecule has 5 heterocycles. The summed E-state index contributed by atoms with van der Waals surface area (Å²) >= 11 is 0. The molecule has 0 radical (unpaired) electrons. The van der Waals surface area contributed by atoms with Crippen molar-refractivity contribution >= 4 is 35.3 Å². The number of methoxy groups -OCH3 is 3. The molecule has 308 valence electrons. The van der Waals surface area contributed by atoms with Crippen molar-refractivity contribution in [2.24, 2.45) is 4.99 Å². The monoisotopic (exact) mass is 802 g/mol. The van der Waals surface area contributed by atoms with Gasteiger partial charge in [-0.05, 0) is 78.1 Å². The molecule has 59 heavy (non-hydrogen) atoms. The summed E-state index contributed by atoms with van der Waals surface area (Å²) in [5.74, 6) is 0.300. The van der Waals surface area contributed by atoms with E-state index in [-0.39, 0.29) is 23.9 Å². The number of nitrogens with zero attached hydrogens (tertiary/aromatic N) is 5. The number of benzene rings is 2. The molecule has 4 amide bonds. The molecule has 0 saturated carbocycles. The molecule has 0 spiro atoms. The maximum absolute atomic E-state index is 13.9. The summed E-state index contributed by atoms with van der Waals surface area (Å²) in [6.45, 7) is 2.88. The van der Waals surface area contributed by atoms with E-state index in [9.17, 15) is 19.2 Å². The second kappa shape index (κ2) is 18.5. The summed E-state index contributed by atoms with van der Waals surface area (Å²) in [4.78, 5) is 72.3. The van der Waals surface area contributed by atoms with Gasteiger partial charge in [-0.15, -0.1) is 0 Å². The lowest BCUT2D eigenvalue weighted by Crippen LogP contribution is -2.56. The molecule has 2 saturated heterocycles. The molecule has 0 unspecified atom stereocenters. The maximum Gasteiger partial charge on any atom is 0.407 e. The molecule has 5 atom stereocenters. The van der Waals surface area contributed by atoms with Crippen LogP contribution in [0.2, 0.25) is 0 Å². The first-order valence-corrected chi connectivity index (χ1v) is 19.9. The van der Waals surface area contributed by atoms with Crippen molar-refractivity contribution in [3.8, 4) is 22.4 Å². The Kier molecular flexibility index (Phi) is 12.8. The number of alkyl carbamates (subject to hydrolysis) is 2. The van der Waals surface area contributed by atoms with Crippen LogP contribution in [0, 0.1) is 0 Å². The molecule has 2 fully saturated rings. The molecule has 0 aliphatic carbocycles. The average Bonchev–Trinajstić information content (AvgIpc) is 4.12. The van der Waals surface area contributed by atoms with Gasteiger partial charge in [0.25, 0.3) is 0 Å². The molecule has 4 aromatic rings. The Labute approximate surface area is 343 Å². The number of hydrogen-bond donors (Lipinski definition) is 3. The number of aromatic nitrogens is 3. The molecule has 15 heteroatoms. The lowest BCUT2D eigenvalue weighted by Gasteiger charge is -2.31. The summed E-state index contributed by atoms with van der Waals surface area (Å²) in [5, 5.41) is 5.36. The van der Waals surface area contributed by atoms with E-state index in [0.29, 0.717) is 31.8 Å². The van der Waals surface area contributed by atoms with E-state index in [4.69, 9.17) is 24.2 Å². The number of carbonyl (C=O) groups is 4. The highest BCUT2D eigenvalue weighted by Crippen LogP contribution is 2.34. The first-order chi connectivity index (χ1) is 28.7. The van der Waals surface area contributed by atoms with E-state index in [0.717, 1.165) is 70.5 Å². The Morgan fingerprint density at radius 3 is 2.02 bits per heavy atom. The van der Waals surface area contributed by atoms with Crippen LogP contribution < -0.4 is 10.6 Å². The topological polar surface area (TPSA) is 180 Å². The highest BCUT2D eigenvalue weighted by molar-refractivity contribution is 6.04. The molecule has 7 rings (SSSR count). The standard InChI is InChI=1S/C44H50N8O7/c1-27(57-2)39(50-44(56)59-4)42(54)51-21-5-7-37(51)34-24-33(25-46-34)31-11-9-29(10-12-31)30-13-15-32(16-14-30)36-26-47-40(48-36)38-8-6-22-52(38)41(53)35(49-43(55)58-3)23-28-17-19-45-20-18-28/h9-20,25-27,35,37-39H,5-8,21-24H2,1-4H3,(H,47,48)(H,49,55)(H,50,56)/t27-,35+,37+,38+,39+/m1/s1. The third kappa shape index (κ3) is 9.20. The summed E-state index contributed by atoms with van der Waals surface area (Å²) in [5.41, 5.74) is 7.89. The molecule has 3 N–H and O–H groups in total. The minimum Gasteiger partial charge on any atom is -0.453 e. The Bertz CT molecular complexity index is 2190. The Hall–Kier alpha value is -6.35. The summed E-state index contributed by atoms with van der Waals surface area (Å²) in [7, 11) is 4.06. The van der Waals surface area contributed by atoms with Gasteiger partial charge in [-0.2, -0.15) is 0 Å². The number of likely N-dealkylation sites (tertiary alicyclic amines) is 2. The van der Waals surface area contributed by atoms with Gasteiger partial charge in [0.05, 0.1) is 44.3 Å². The van der Waals surface area contributed by atoms with Gasteiger partial charge in [-0.25, -0.2) is 14.6 Å². The average molecular weight is 803 g/mol. The Balaban J connectivity index is 0.972. The van der Waals surface area contributed by atoms with E-state index in [2.05, 4.69) is 69.1 Å². The third-order valence-electron chi connectivity index (χ3n) is 11.4. The van der Waals surface area contributed by atoms with Crippen LogP contribution in [0.5, 0.6) is 0 Å². The van der Waals surface area contributed by atoms with Gasteiger partial charge in [0.1, 0.15) is 17.9 Å². The number of H-pyrrole nitrogens is 1. The molecule has 2 aromatic carbocycles. The van der Waals surface area contributed by atoms with E-state index < -0.39 is 30.4 Å². The van der Waals surface area contributed by atoms with E-state index in [1.165, 1.54) is 21.3 Å². The zero-order valence-corrected chi connectivity index (χ0v) is 33.7. The molecule has 0 bridgehead atoms. The van der Waals surface area contributed by atoms with Crippen LogP contribution in [0.1, 0.15) is 62.0 Å². The van der Waals surface area contributed by atoms with Crippen LogP contribution in [0.25, 0.3) is 28.0 Å². The number of pyridine rings is 1. The Morgan fingerprint density at radius 1 is 0.780 bits per heavy atom. The van der Waals surface area contributed by atoms with Crippen LogP contribution in [0.3, 0.4) is 0 Å². The highest BCUT2D eigenvalue weighted by atomic mass is 16.5. The minimum absolute atomic E-state index is 0.156. The quantitative estimate of drug-likeness (QED) is 0.153. The lowest BCUT2D eigenvalue weighted by molar-refractivity contribution is -0.136. The first kappa shape index (κ1) is 40.8. The summed E-state index contributed by atoms with van der Waals surface area (Å²) in [6.07, 6.45) is 9.29. The summed E-state index contributed by atoms with van der Waals surface area (Å²) < 4.78 is 15.0. The van der Waals surface area contributed by atoms with Crippen LogP contribution in [-0.4, -0.2) is 113 Å². The van der Waals surface area contributed by atoms with Gasteiger partial charge in [-0.1, -0.05) is 48.5 Å². The zero-order chi connectivity index (χ0) is 41.5.